The van der Waals surface area contributed by atoms with E-state index in [2.05, 4.69) is 20.6 Å². The lowest BCUT2D eigenvalue weighted by molar-refractivity contribution is 0.325. The Morgan fingerprint density at radius 1 is 1.56 bits per heavy atom. The van der Waals surface area contributed by atoms with Crippen molar-refractivity contribution < 1.29 is 4.74 Å². The van der Waals surface area contributed by atoms with Gasteiger partial charge in [0.1, 0.15) is 11.6 Å². The zero-order valence-electron chi connectivity index (χ0n) is 9.79. The average molecular weight is 222 g/mol. The SMILES string of the molecule is CCOc1cc(NC2CCNC2)nc(C)n1. The first-order valence-electron chi connectivity index (χ1n) is 5.73. The summed E-state index contributed by atoms with van der Waals surface area (Å²) in [6.07, 6.45) is 1.13. The summed E-state index contributed by atoms with van der Waals surface area (Å²) >= 11 is 0. The van der Waals surface area contributed by atoms with Crippen LogP contribution < -0.4 is 15.4 Å². The molecule has 5 heteroatoms. The molecule has 1 aromatic rings. The lowest BCUT2D eigenvalue weighted by atomic mass is 10.2. The summed E-state index contributed by atoms with van der Waals surface area (Å²) in [6, 6.07) is 2.32. The fourth-order valence-electron chi connectivity index (χ4n) is 1.82. The van der Waals surface area contributed by atoms with Crippen LogP contribution in [0.3, 0.4) is 0 Å². The van der Waals surface area contributed by atoms with Crippen LogP contribution in [-0.4, -0.2) is 35.7 Å². The second-order valence-corrected chi connectivity index (χ2v) is 3.91. The summed E-state index contributed by atoms with van der Waals surface area (Å²) in [4.78, 5) is 8.56. The Hall–Kier alpha value is -1.36. The number of nitrogens with one attached hydrogen (secondary N) is 2. The Kier molecular flexibility index (Phi) is 3.56. The van der Waals surface area contributed by atoms with E-state index in [0.29, 0.717) is 18.5 Å². The van der Waals surface area contributed by atoms with E-state index in [0.717, 1.165) is 31.2 Å². The molecule has 0 radical (unpaired) electrons. The van der Waals surface area contributed by atoms with Crippen LogP contribution in [0.2, 0.25) is 0 Å². The largest absolute Gasteiger partial charge is 0.478 e. The molecule has 2 rings (SSSR count). The van der Waals surface area contributed by atoms with Crippen LogP contribution in [0.1, 0.15) is 19.2 Å². The first-order chi connectivity index (χ1) is 7.78. The molecule has 1 fully saturated rings. The molecule has 1 aromatic heterocycles. The molecule has 88 valence electrons. The van der Waals surface area contributed by atoms with Gasteiger partial charge in [-0.2, -0.15) is 4.98 Å². The van der Waals surface area contributed by atoms with Gasteiger partial charge in [-0.3, -0.25) is 0 Å². The predicted molar refractivity (Wildman–Crippen MR) is 62.8 cm³/mol. The molecular weight excluding hydrogens is 204 g/mol. The van der Waals surface area contributed by atoms with Crippen LogP contribution in [0, 0.1) is 6.92 Å². The molecule has 1 aliphatic heterocycles. The van der Waals surface area contributed by atoms with E-state index >= 15 is 0 Å². The zero-order valence-corrected chi connectivity index (χ0v) is 9.79. The molecule has 0 aromatic carbocycles. The van der Waals surface area contributed by atoms with Crippen LogP contribution in [-0.2, 0) is 0 Å². The fraction of sp³-hybridized carbons (Fsp3) is 0.636. The summed E-state index contributed by atoms with van der Waals surface area (Å²) in [5.74, 6) is 2.23. The molecule has 0 amide bonds. The second-order valence-electron chi connectivity index (χ2n) is 3.91. The second kappa shape index (κ2) is 5.12. The third-order valence-corrected chi connectivity index (χ3v) is 2.52. The molecular formula is C11H18N4O. The number of nitrogens with zero attached hydrogens (tertiary/aromatic N) is 2. The number of aromatic nitrogens is 2. The van der Waals surface area contributed by atoms with E-state index in [1.165, 1.54) is 0 Å². The van der Waals surface area contributed by atoms with E-state index in [4.69, 9.17) is 4.74 Å². The zero-order chi connectivity index (χ0) is 11.4. The quantitative estimate of drug-likeness (QED) is 0.794. The van der Waals surface area contributed by atoms with Gasteiger partial charge in [0.25, 0.3) is 0 Å². The van der Waals surface area contributed by atoms with Crippen LogP contribution in [0.5, 0.6) is 5.88 Å². The third kappa shape index (κ3) is 2.82. The van der Waals surface area contributed by atoms with Crippen LogP contribution in [0.4, 0.5) is 5.82 Å². The van der Waals surface area contributed by atoms with Gasteiger partial charge in [-0.1, -0.05) is 0 Å². The lowest BCUT2D eigenvalue weighted by Crippen LogP contribution is -2.23. The molecule has 1 unspecified atom stereocenters. The maximum absolute atomic E-state index is 5.39. The van der Waals surface area contributed by atoms with Gasteiger partial charge in [0.15, 0.2) is 0 Å². The molecule has 2 heterocycles. The number of ether oxygens (including phenoxy) is 1. The van der Waals surface area contributed by atoms with Crippen molar-refractivity contribution in [3.05, 3.63) is 11.9 Å². The first kappa shape index (κ1) is 11.1. The maximum atomic E-state index is 5.39. The topological polar surface area (TPSA) is 59.1 Å². The third-order valence-electron chi connectivity index (χ3n) is 2.52. The van der Waals surface area contributed by atoms with Gasteiger partial charge in [-0.15, -0.1) is 0 Å². The standard InChI is InChI=1S/C11H18N4O/c1-3-16-11-6-10(13-8(2)14-11)15-9-4-5-12-7-9/h6,9,12H,3-5,7H2,1-2H3,(H,13,14,15). The van der Waals surface area contributed by atoms with E-state index in [1.54, 1.807) is 0 Å². The molecule has 1 saturated heterocycles. The molecule has 0 aliphatic carbocycles. The molecule has 0 spiro atoms. The Bertz CT molecular complexity index is 350. The van der Waals surface area contributed by atoms with E-state index < -0.39 is 0 Å². The van der Waals surface area contributed by atoms with Gasteiger partial charge in [0.05, 0.1) is 6.61 Å². The fourth-order valence-corrected chi connectivity index (χ4v) is 1.82. The number of aryl methyl sites for hydroxylation is 1. The lowest BCUT2D eigenvalue weighted by Gasteiger charge is -2.13. The molecule has 1 atom stereocenters. The number of anilines is 1. The van der Waals surface area contributed by atoms with Gasteiger partial charge in [0.2, 0.25) is 5.88 Å². The monoisotopic (exact) mass is 222 g/mol. The van der Waals surface area contributed by atoms with Crippen LogP contribution in [0.15, 0.2) is 6.07 Å². The maximum Gasteiger partial charge on any atom is 0.218 e. The Morgan fingerprint density at radius 2 is 2.44 bits per heavy atom. The number of hydrogen-bond donors (Lipinski definition) is 2. The molecule has 5 nitrogen and oxygen atoms in total. The van der Waals surface area contributed by atoms with Crippen molar-refractivity contribution in [1.82, 2.24) is 15.3 Å². The van der Waals surface area contributed by atoms with Crippen molar-refractivity contribution in [2.24, 2.45) is 0 Å². The Labute approximate surface area is 95.6 Å². The highest BCUT2D eigenvalue weighted by molar-refractivity contribution is 5.39. The molecule has 0 saturated carbocycles. The van der Waals surface area contributed by atoms with E-state index in [-0.39, 0.29) is 0 Å². The summed E-state index contributed by atoms with van der Waals surface area (Å²) in [7, 11) is 0. The molecule has 2 N–H and O–H groups in total. The highest BCUT2D eigenvalue weighted by Gasteiger charge is 2.15. The average Bonchev–Trinajstić information content (AvgIpc) is 2.70. The van der Waals surface area contributed by atoms with E-state index in [1.807, 2.05) is 19.9 Å². The minimum Gasteiger partial charge on any atom is -0.478 e. The van der Waals surface area contributed by atoms with Gasteiger partial charge in [-0.25, -0.2) is 4.98 Å². The van der Waals surface area contributed by atoms with Crippen molar-refractivity contribution in [2.45, 2.75) is 26.3 Å². The van der Waals surface area contributed by atoms with E-state index in [9.17, 15) is 0 Å². The Morgan fingerprint density at radius 3 is 3.12 bits per heavy atom. The first-order valence-corrected chi connectivity index (χ1v) is 5.73. The van der Waals surface area contributed by atoms with Crippen LogP contribution in [0.25, 0.3) is 0 Å². The molecule has 0 bridgehead atoms. The number of hydrogen-bond acceptors (Lipinski definition) is 5. The van der Waals surface area contributed by atoms with Crippen molar-refractivity contribution in [2.75, 3.05) is 25.0 Å². The highest BCUT2D eigenvalue weighted by Crippen LogP contribution is 2.15. The minimum atomic E-state index is 0.462. The Balaban J connectivity index is 2.06. The van der Waals surface area contributed by atoms with Crippen molar-refractivity contribution in [3.63, 3.8) is 0 Å². The van der Waals surface area contributed by atoms with Crippen molar-refractivity contribution in [1.29, 1.82) is 0 Å². The van der Waals surface area contributed by atoms with Crippen LogP contribution >= 0.6 is 0 Å². The minimum absolute atomic E-state index is 0.462. The summed E-state index contributed by atoms with van der Waals surface area (Å²) < 4.78 is 5.39. The smallest absolute Gasteiger partial charge is 0.218 e. The summed E-state index contributed by atoms with van der Waals surface area (Å²) in [6.45, 7) is 6.51. The van der Waals surface area contributed by atoms with Gasteiger partial charge in [-0.05, 0) is 26.8 Å². The normalized spacial score (nSPS) is 19.8. The predicted octanol–water partition coefficient (Wildman–Crippen LogP) is 0.958. The highest BCUT2D eigenvalue weighted by atomic mass is 16.5. The van der Waals surface area contributed by atoms with Gasteiger partial charge < -0.3 is 15.4 Å². The number of rotatable bonds is 4. The summed E-state index contributed by atoms with van der Waals surface area (Å²) in [5, 5.41) is 6.70. The van der Waals surface area contributed by atoms with Crippen molar-refractivity contribution >= 4 is 5.82 Å². The van der Waals surface area contributed by atoms with Gasteiger partial charge in [0, 0.05) is 18.7 Å². The van der Waals surface area contributed by atoms with Gasteiger partial charge >= 0.3 is 0 Å². The van der Waals surface area contributed by atoms with Crippen molar-refractivity contribution in [3.8, 4) is 5.88 Å². The molecule has 16 heavy (non-hydrogen) atoms. The summed E-state index contributed by atoms with van der Waals surface area (Å²) in [5.41, 5.74) is 0. The molecule has 1 aliphatic rings.